The molecule has 84 heavy (non-hydrogen) atoms. The molecule has 0 saturated heterocycles. The molecule has 0 atom stereocenters. The van der Waals surface area contributed by atoms with Crippen molar-refractivity contribution in [2.75, 3.05) is 0 Å². The summed E-state index contributed by atoms with van der Waals surface area (Å²) in [5.74, 6) is 4.52. The predicted octanol–water partition coefficient (Wildman–Crippen LogP) is 13.7. The standard InChI is InChI=1S/C35H23N7.C33H21N9/c1-2-7-24(8-3-1)30-19-31(27-9-4-16-36-21-27)40-34(39-30)25-12-14-26(15-13-25)35-41-32(28-10-5-17-37-22-28)20-33(42-35)29-11-6-18-38-23-29;1-2-7-22(8-3-1)28-37-29(39-31(38-28)25-9-4-16-34-19-25)23-12-14-24(15-13-23)30-40-32(26-10-5-17-35-20-26)42-33(41-30)27-11-6-18-36-21-27/h1-23H;1-21H. The number of pyridine rings is 6. The minimum atomic E-state index is 0.530. The quantitative estimate of drug-likeness (QED) is 0.111. The number of benzene rings is 4. The topological polar surface area (TPSA) is 206 Å². The Labute approximate surface area is 482 Å². The zero-order chi connectivity index (χ0) is 56.3. The summed E-state index contributed by atoms with van der Waals surface area (Å²) in [6.07, 6.45) is 21.1. The van der Waals surface area contributed by atoms with E-state index in [2.05, 4.69) is 42.0 Å². The first-order valence-corrected chi connectivity index (χ1v) is 26.7. The monoisotopic (exact) mass is 1080 g/mol. The van der Waals surface area contributed by atoms with Gasteiger partial charge < -0.3 is 0 Å². The fraction of sp³-hybridized carbons (Fsp3) is 0. The molecule has 0 spiro atoms. The fourth-order valence-electron chi connectivity index (χ4n) is 9.03. The van der Waals surface area contributed by atoms with Gasteiger partial charge in [0.05, 0.1) is 22.8 Å². The average molecular weight is 1090 g/mol. The van der Waals surface area contributed by atoms with Gasteiger partial charge in [-0.25, -0.2) is 49.8 Å². The Hall–Kier alpha value is -12.0. The third-order valence-corrected chi connectivity index (χ3v) is 13.3. The van der Waals surface area contributed by atoms with Crippen LogP contribution in [0.3, 0.4) is 0 Å². The lowest BCUT2D eigenvalue weighted by Gasteiger charge is -2.11. The van der Waals surface area contributed by atoms with E-state index in [4.69, 9.17) is 49.8 Å². The summed E-state index contributed by atoms with van der Waals surface area (Å²) in [7, 11) is 0. The van der Waals surface area contributed by atoms with E-state index in [0.29, 0.717) is 46.6 Å². The summed E-state index contributed by atoms with van der Waals surface area (Å²) in [6, 6.07) is 62.9. The maximum Gasteiger partial charge on any atom is 0.165 e. The van der Waals surface area contributed by atoms with Gasteiger partial charge in [0.2, 0.25) is 0 Å². The molecule has 396 valence electrons. The Morgan fingerprint density at radius 2 is 0.357 bits per heavy atom. The normalized spacial score (nSPS) is 10.9. The van der Waals surface area contributed by atoms with E-state index >= 15 is 0 Å². The zero-order valence-electron chi connectivity index (χ0n) is 44.6. The third kappa shape index (κ3) is 11.8. The Morgan fingerprint density at radius 1 is 0.155 bits per heavy atom. The number of hydrogen-bond donors (Lipinski definition) is 0. The van der Waals surface area contributed by atoms with Gasteiger partial charge in [-0.1, -0.05) is 109 Å². The zero-order valence-corrected chi connectivity index (χ0v) is 44.6. The van der Waals surface area contributed by atoms with Crippen molar-refractivity contribution in [2.24, 2.45) is 0 Å². The number of aromatic nitrogens is 16. The van der Waals surface area contributed by atoms with Crippen LogP contribution in [0.4, 0.5) is 0 Å². The van der Waals surface area contributed by atoms with E-state index in [1.165, 1.54) is 0 Å². The summed E-state index contributed by atoms with van der Waals surface area (Å²) in [6.45, 7) is 0. The highest BCUT2D eigenvalue weighted by Crippen LogP contribution is 2.32. The highest BCUT2D eigenvalue weighted by atomic mass is 15.0. The second kappa shape index (κ2) is 24.1. The van der Waals surface area contributed by atoms with E-state index in [9.17, 15) is 0 Å². The summed E-state index contributed by atoms with van der Waals surface area (Å²) in [4.78, 5) is 73.8. The largest absolute Gasteiger partial charge is 0.264 e. The van der Waals surface area contributed by atoms with Gasteiger partial charge in [-0.2, -0.15) is 0 Å². The van der Waals surface area contributed by atoms with Gasteiger partial charge >= 0.3 is 0 Å². The molecule has 16 nitrogen and oxygen atoms in total. The molecule has 0 bridgehead atoms. The first kappa shape index (κ1) is 51.4. The fourth-order valence-corrected chi connectivity index (χ4v) is 9.03. The van der Waals surface area contributed by atoms with Crippen LogP contribution >= 0.6 is 0 Å². The molecule has 14 rings (SSSR count). The van der Waals surface area contributed by atoms with Crippen molar-refractivity contribution in [2.45, 2.75) is 0 Å². The molecule has 16 heteroatoms. The number of hydrogen-bond acceptors (Lipinski definition) is 16. The number of rotatable bonds is 12. The molecule has 0 amide bonds. The minimum absolute atomic E-state index is 0.530. The minimum Gasteiger partial charge on any atom is -0.264 e. The van der Waals surface area contributed by atoms with Gasteiger partial charge in [0.15, 0.2) is 46.6 Å². The second-order valence-electron chi connectivity index (χ2n) is 18.9. The van der Waals surface area contributed by atoms with Crippen LogP contribution in [0, 0.1) is 0 Å². The van der Waals surface area contributed by atoms with Crippen molar-refractivity contribution in [3.8, 4) is 136 Å². The molecular weight excluding hydrogens is 1040 g/mol. The van der Waals surface area contributed by atoms with E-state index in [0.717, 1.165) is 89.5 Å². The molecule has 0 aliphatic heterocycles. The van der Waals surface area contributed by atoms with Crippen molar-refractivity contribution in [3.05, 3.63) is 268 Å². The van der Waals surface area contributed by atoms with Crippen LogP contribution in [-0.4, -0.2) is 79.7 Å². The van der Waals surface area contributed by atoms with Crippen LogP contribution in [0.1, 0.15) is 0 Å². The third-order valence-electron chi connectivity index (χ3n) is 13.3. The SMILES string of the molecule is c1ccc(-c2cc(-c3cccnc3)nc(-c3ccc(-c4nc(-c5cccnc5)cc(-c5cccnc5)n4)cc3)n2)cc1.c1ccc(-c2nc(-c3ccc(-c4nc(-c5cccnc5)nc(-c5cccnc5)n4)cc3)nc(-c3cccnc3)n2)cc1. The maximum absolute atomic E-state index is 4.93. The summed E-state index contributed by atoms with van der Waals surface area (Å²) in [5.41, 5.74) is 13.7. The second-order valence-corrected chi connectivity index (χ2v) is 18.9. The molecule has 0 aliphatic rings. The van der Waals surface area contributed by atoms with Crippen LogP contribution in [-0.2, 0) is 0 Å². The maximum atomic E-state index is 4.93. The molecule has 10 aromatic heterocycles. The Bertz CT molecular complexity index is 3670. The highest BCUT2D eigenvalue weighted by molar-refractivity contribution is 5.76. The van der Waals surface area contributed by atoms with E-state index in [1.54, 1.807) is 68.2 Å². The number of nitrogens with zero attached hydrogens (tertiary/aromatic N) is 16. The molecule has 0 N–H and O–H groups in total. The molecular formula is C68H44N16. The van der Waals surface area contributed by atoms with Crippen molar-refractivity contribution in [1.82, 2.24) is 79.7 Å². The van der Waals surface area contributed by atoms with Gasteiger partial charge in [0.25, 0.3) is 0 Å². The van der Waals surface area contributed by atoms with Crippen molar-refractivity contribution < 1.29 is 0 Å². The van der Waals surface area contributed by atoms with Crippen LogP contribution in [0.5, 0.6) is 0 Å². The summed E-state index contributed by atoms with van der Waals surface area (Å²) < 4.78 is 0. The van der Waals surface area contributed by atoms with Crippen LogP contribution in [0.25, 0.3) is 136 Å². The summed E-state index contributed by atoms with van der Waals surface area (Å²) in [5, 5.41) is 0. The smallest absolute Gasteiger partial charge is 0.165 e. The predicted molar refractivity (Wildman–Crippen MR) is 323 cm³/mol. The molecule has 0 fully saturated rings. The van der Waals surface area contributed by atoms with Gasteiger partial charge in [0.1, 0.15) is 0 Å². The molecule has 4 aromatic carbocycles. The lowest BCUT2D eigenvalue weighted by atomic mass is 10.1. The van der Waals surface area contributed by atoms with Gasteiger partial charge in [0, 0.05) is 141 Å². The van der Waals surface area contributed by atoms with Crippen molar-refractivity contribution in [3.63, 3.8) is 0 Å². The Morgan fingerprint density at radius 3 is 0.619 bits per heavy atom. The Balaban J connectivity index is 0.000000157. The van der Waals surface area contributed by atoms with Crippen LogP contribution in [0.15, 0.2) is 268 Å². The van der Waals surface area contributed by atoms with E-state index < -0.39 is 0 Å². The van der Waals surface area contributed by atoms with Crippen molar-refractivity contribution in [1.29, 1.82) is 0 Å². The molecule has 0 radical (unpaired) electrons. The molecule has 14 aromatic rings. The van der Waals surface area contributed by atoms with Gasteiger partial charge in [-0.3, -0.25) is 29.9 Å². The molecule has 0 aliphatic carbocycles. The average Bonchev–Trinajstić information content (AvgIpc) is 3.68. The highest BCUT2D eigenvalue weighted by Gasteiger charge is 2.18. The van der Waals surface area contributed by atoms with Crippen LogP contribution in [0.2, 0.25) is 0 Å². The first-order valence-electron chi connectivity index (χ1n) is 26.7. The lowest BCUT2D eigenvalue weighted by molar-refractivity contribution is 1.06. The van der Waals surface area contributed by atoms with E-state index in [-0.39, 0.29) is 0 Å². The Kier molecular flexibility index (Phi) is 14.8. The van der Waals surface area contributed by atoms with Gasteiger partial charge in [-0.05, 0) is 84.9 Å². The molecule has 0 saturated carbocycles. The molecule has 10 heterocycles. The summed E-state index contributed by atoms with van der Waals surface area (Å²) >= 11 is 0. The first-order chi connectivity index (χ1) is 41.6. The van der Waals surface area contributed by atoms with Crippen molar-refractivity contribution >= 4 is 0 Å². The molecule has 0 unspecified atom stereocenters. The van der Waals surface area contributed by atoms with Crippen LogP contribution < -0.4 is 0 Å². The lowest BCUT2D eigenvalue weighted by Crippen LogP contribution is -2.01. The van der Waals surface area contributed by atoms with Gasteiger partial charge in [-0.15, -0.1) is 0 Å². The van der Waals surface area contributed by atoms with E-state index in [1.807, 2.05) is 188 Å².